The highest BCUT2D eigenvalue weighted by Gasteiger charge is 2.44. The van der Waals surface area contributed by atoms with Gasteiger partial charge in [0, 0.05) is 15.7 Å². The van der Waals surface area contributed by atoms with Crippen molar-refractivity contribution in [2.45, 2.75) is 38.6 Å². The Bertz CT molecular complexity index is 1210. The van der Waals surface area contributed by atoms with E-state index in [9.17, 15) is 9.59 Å². The first-order valence-corrected chi connectivity index (χ1v) is 13.3. The zero-order valence-corrected chi connectivity index (χ0v) is 20.6. The van der Waals surface area contributed by atoms with Gasteiger partial charge in [-0.3, -0.25) is 4.79 Å². The van der Waals surface area contributed by atoms with E-state index in [1.165, 1.54) is 10.5 Å². The maximum Gasteiger partial charge on any atom is 0.338 e. The van der Waals surface area contributed by atoms with Gasteiger partial charge >= 0.3 is 5.97 Å². The molecule has 34 heavy (non-hydrogen) atoms. The van der Waals surface area contributed by atoms with E-state index in [0.29, 0.717) is 5.56 Å². The molecule has 0 saturated heterocycles. The number of allylic oxidation sites excluding steroid dienone is 1. The molecule has 7 heteroatoms. The molecule has 0 spiro atoms. The molecule has 5 nitrogen and oxygen atoms in total. The summed E-state index contributed by atoms with van der Waals surface area (Å²) in [6.07, 6.45) is 6.10. The second kappa shape index (κ2) is 10.1. The molecular formula is C27H26N2O3S2. The molecule has 0 radical (unpaired) electrons. The fourth-order valence-electron chi connectivity index (χ4n) is 4.64. The molecule has 0 N–H and O–H groups in total. The summed E-state index contributed by atoms with van der Waals surface area (Å²) < 4.78 is 5.40. The second-order valence-corrected chi connectivity index (χ2v) is 10.5. The third-order valence-electron chi connectivity index (χ3n) is 6.38. The standard InChI is InChI=1S/C27H26N2O3S2/c1-2-18-10-12-19(13-11-18)27(31)32-17-24(30)29-26(23-9-5-15-34-23)22-8-3-6-20(25(22)28-29)16-21-7-4-14-33-21/h4-5,7,9-16,22,26H,2-3,6,8,17H2,1H3. The Morgan fingerprint density at radius 1 is 1.12 bits per heavy atom. The van der Waals surface area contributed by atoms with Gasteiger partial charge in [0.1, 0.15) is 0 Å². The summed E-state index contributed by atoms with van der Waals surface area (Å²) in [4.78, 5) is 28.1. The van der Waals surface area contributed by atoms with E-state index >= 15 is 0 Å². The number of amides is 1. The number of hydrazone groups is 1. The lowest BCUT2D eigenvalue weighted by atomic mass is 9.79. The molecule has 3 heterocycles. The lowest BCUT2D eigenvalue weighted by Gasteiger charge is -2.28. The summed E-state index contributed by atoms with van der Waals surface area (Å²) in [7, 11) is 0. The number of carbonyl (C=O) groups is 2. The van der Waals surface area contributed by atoms with Gasteiger partial charge in [0.05, 0.1) is 17.3 Å². The number of fused-ring (bicyclic) bond motifs is 1. The predicted octanol–water partition coefficient (Wildman–Crippen LogP) is 6.35. The summed E-state index contributed by atoms with van der Waals surface area (Å²) in [5, 5.41) is 10.5. The van der Waals surface area contributed by atoms with Crippen molar-refractivity contribution in [3.8, 4) is 0 Å². The number of hydrogen-bond donors (Lipinski definition) is 0. The molecule has 5 rings (SSSR count). The lowest BCUT2D eigenvalue weighted by Crippen LogP contribution is -2.34. The molecule has 1 saturated carbocycles. The first-order valence-electron chi connectivity index (χ1n) is 11.6. The Hall–Kier alpha value is -3.03. The summed E-state index contributed by atoms with van der Waals surface area (Å²) in [6.45, 7) is 1.73. The van der Waals surface area contributed by atoms with Gasteiger partial charge in [-0.05, 0) is 77.9 Å². The maximum atomic E-state index is 13.3. The van der Waals surface area contributed by atoms with Crippen LogP contribution in [0.3, 0.4) is 0 Å². The van der Waals surface area contributed by atoms with Crippen LogP contribution in [0.4, 0.5) is 0 Å². The number of aryl methyl sites for hydroxylation is 1. The molecule has 2 unspecified atom stereocenters. The smallest absolute Gasteiger partial charge is 0.338 e. The third-order valence-corrected chi connectivity index (χ3v) is 8.14. The van der Waals surface area contributed by atoms with Crippen molar-refractivity contribution in [3.63, 3.8) is 0 Å². The lowest BCUT2D eigenvalue weighted by molar-refractivity contribution is -0.136. The topological polar surface area (TPSA) is 59.0 Å². The van der Waals surface area contributed by atoms with Crippen molar-refractivity contribution in [2.75, 3.05) is 6.61 Å². The zero-order valence-electron chi connectivity index (χ0n) is 19.0. The highest BCUT2D eigenvalue weighted by atomic mass is 32.1. The van der Waals surface area contributed by atoms with E-state index in [0.717, 1.165) is 41.8 Å². The van der Waals surface area contributed by atoms with Crippen molar-refractivity contribution in [2.24, 2.45) is 11.0 Å². The van der Waals surface area contributed by atoms with Crippen molar-refractivity contribution in [1.82, 2.24) is 5.01 Å². The summed E-state index contributed by atoms with van der Waals surface area (Å²) >= 11 is 3.34. The first-order chi connectivity index (χ1) is 16.6. The van der Waals surface area contributed by atoms with Gasteiger partial charge in [-0.1, -0.05) is 31.2 Å². The molecule has 1 aromatic carbocycles. The van der Waals surface area contributed by atoms with Gasteiger partial charge in [0.25, 0.3) is 5.91 Å². The average molecular weight is 491 g/mol. The number of rotatable bonds is 6. The molecule has 1 amide bonds. The summed E-state index contributed by atoms with van der Waals surface area (Å²) in [6, 6.07) is 15.4. The predicted molar refractivity (Wildman–Crippen MR) is 137 cm³/mol. The highest BCUT2D eigenvalue weighted by molar-refractivity contribution is 7.11. The molecular weight excluding hydrogens is 464 g/mol. The van der Waals surface area contributed by atoms with Crippen LogP contribution in [0.2, 0.25) is 0 Å². The SMILES string of the molecule is CCc1ccc(C(=O)OCC(=O)N2N=C3C(=Cc4cccs4)CCCC3C2c2cccs2)cc1. The van der Waals surface area contributed by atoms with Crippen molar-refractivity contribution < 1.29 is 14.3 Å². The number of thiophene rings is 2. The Balaban J connectivity index is 1.37. The Morgan fingerprint density at radius 2 is 1.91 bits per heavy atom. The molecule has 1 fully saturated rings. The van der Waals surface area contributed by atoms with Crippen molar-refractivity contribution in [1.29, 1.82) is 0 Å². The average Bonchev–Trinajstić information content (AvgIpc) is 3.63. The van der Waals surface area contributed by atoms with Gasteiger partial charge in [-0.15, -0.1) is 22.7 Å². The Labute approximate surface area is 207 Å². The normalized spacial score (nSPS) is 20.8. The number of ether oxygens (including phenoxy) is 1. The number of hydrogen-bond acceptors (Lipinski definition) is 6. The van der Waals surface area contributed by atoms with E-state index in [-0.39, 0.29) is 24.5 Å². The van der Waals surface area contributed by atoms with Crippen LogP contribution in [0.15, 0.2) is 70.0 Å². The highest BCUT2D eigenvalue weighted by Crippen LogP contribution is 2.45. The molecule has 1 aliphatic carbocycles. The third kappa shape index (κ3) is 4.63. The van der Waals surface area contributed by atoms with Crippen molar-refractivity contribution >= 4 is 46.3 Å². The van der Waals surface area contributed by atoms with Gasteiger partial charge in [-0.2, -0.15) is 5.10 Å². The second-order valence-electron chi connectivity index (χ2n) is 8.49. The Morgan fingerprint density at radius 3 is 2.62 bits per heavy atom. The molecule has 174 valence electrons. The van der Waals surface area contributed by atoms with Crippen LogP contribution in [0.5, 0.6) is 0 Å². The summed E-state index contributed by atoms with van der Waals surface area (Å²) in [5.41, 5.74) is 3.78. The summed E-state index contributed by atoms with van der Waals surface area (Å²) in [5.74, 6) is -0.639. The van der Waals surface area contributed by atoms with Gasteiger partial charge in [0.2, 0.25) is 0 Å². The van der Waals surface area contributed by atoms with Crippen LogP contribution in [-0.4, -0.2) is 29.2 Å². The fraction of sp³-hybridized carbons (Fsp3) is 0.296. The van der Waals surface area contributed by atoms with E-state index in [4.69, 9.17) is 9.84 Å². The molecule has 2 aliphatic rings. The monoisotopic (exact) mass is 490 g/mol. The van der Waals surface area contributed by atoms with Crippen LogP contribution in [-0.2, 0) is 16.0 Å². The number of esters is 1. The van der Waals surface area contributed by atoms with E-state index < -0.39 is 5.97 Å². The first kappa shape index (κ1) is 22.7. The fourth-order valence-corrected chi connectivity index (χ4v) is 6.20. The molecule has 0 bridgehead atoms. The minimum Gasteiger partial charge on any atom is -0.452 e. The van der Waals surface area contributed by atoms with E-state index in [2.05, 4.69) is 30.5 Å². The van der Waals surface area contributed by atoms with Crippen molar-refractivity contribution in [3.05, 3.63) is 85.7 Å². The molecule has 1 aliphatic heterocycles. The van der Waals surface area contributed by atoms with E-state index in [1.54, 1.807) is 39.8 Å². The van der Waals surface area contributed by atoms with Gasteiger partial charge in [-0.25, -0.2) is 9.80 Å². The van der Waals surface area contributed by atoms with Crippen LogP contribution in [0, 0.1) is 5.92 Å². The van der Waals surface area contributed by atoms with Gasteiger partial charge < -0.3 is 4.74 Å². The number of nitrogens with zero attached hydrogens (tertiary/aromatic N) is 2. The number of benzene rings is 1. The van der Waals surface area contributed by atoms with Crippen LogP contribution in [0.25, 0.3) is 6.08 Å². The van der Waals surface area contributed by atoms with Crippen LogP contribution < -0.4 is 0 Å². The molecule has 2 atom stereocenters. The Kier molecular flexibility index (Phi) is 6.74. The quantitative estimate of drug-likeness (QED) is 0.378. The number of carbonyl (C=O) groups excluding carboxylic acids is 2. The minimum absolute atomic E-state index is 0.153. The van der Waals surface area contributed by atoms with Crippen LogP contribution in [0.1, 0.15) is 57.9 Å². The maximum absolute atomic E-state index is 13.3. The largest absolute Gasteiger partial charge is 0.452 e. The molecule has 3 aromatic rings. The van der Waals surface area contributed by atoms with Crippen LogP contribution >= 0.6 is 22.7 Å². The van der Waals surface area contributed by atoms with E-state index in [1.807, 2.05) is 29.6 Å². The van der Waals surface area contributed by atoms with Gasteiger partial charge in [0.15, 0.2) is 6.61 Å². The molecule has 2 aromatic heterocycles. The minimum atomic E-state index is -0.494. The zero-order chi connectivity index (χ0) is 23.5.